The van der Waals surface area contributed by atoms with Gasteiger partial charge in [-0.2, -0.15) is 4.40 Å². The molecule has 2 bridgehead atoms. The Balaban J connectivity index is 2.42. The van der Waals surface area contributed by atoms with Gasteiger partial charge in [-0.15, -0.1) is 0 Å². The summed E-state index contributed by atoms with van der Waals surface area (Å²) in [6.07, 6.45) is 4.03. The molecule has 14 heavy (non-hydrogen) atoms. The number of nitrogens with zero attached hydrogens (tertiary/aromatic N) is 1. The predicted molar refractivity (Wildman–Crippen MR) is 57.0 cm³/mol. The molecule has 1 atom stereocenters. The quantitative estimate of drug-likeness (QED) is 0.620. The zero-order valence-electron chi connectivity index (χ0n) is 8.78. The second kappa shape index (κ2) is 3.05. The van der Waals surface area contributed by atoms with Gasteiger partial charge in [0.15, 0.2) is 0 Å². The standard InChI is InChI=1S/C10H17NO2S/c1-10(2)7-14(12,13)11-9-5-3-4-8(10)6-9/h8H,3-7H2,1-2H3. The third-order valence-corrected chi connectivity index (χ3v) is 5.07. The molecule has 0 aromatic rings. The van der Waals surface area contributed by atoms with E-state index >= 15 is 0 Å². The van der Waals surface area contributed by atoms with Crippen LogP contribution in [0.3, 0.4) is 0 Å². The molecule has 1 unspecified atom stereocenters. The van der Waals surface area contributed by atoms with Crippen molar-refractivity contribution in [2.45, 2.75) is 39.5 Å². The molecule has 0 amide bonds. The van der Waals surface area contributed by atoms with E-state index in [4.69, 9.17) is 0 Å². The third kappa shape index (κ3) is 1.85. The lowest BCUT2D eigenvalue weighted by molar-refractivity contribution is 0.225. The van der Waals surface area contributed by atoms with Crippen LogP contribution in [0.1, 0.15) is 39.5 Å². The Hall–Kier alpha value is -0.380. The summed E-state index contributed by atoms with van der Waals surface area (Å²) >= 11 is 0. The van der Waals surface area contributed by atoms with E-state index in [-0.39, 0.29) is 11.2 Å². The first kappa shape index (κ1) is 10.1. The van der Waals surface area contributed by atoms with Crippen LogP contribution in [0, 0.1) is 11.3 Å². The topological polar surface area (TPSA) is 46.5 Å². The molecule has 0 radical (unpaired) electrons. The number of fused-ring (bicyclic) bond motifs is 2. The summed E-state index contributed by atoms with van der Waals surface area (Å²) in [5.41, 5.74) is 0.802. The predicted octanol–water partition coefficient (Wildman–Crippen LogP) is 1.99. The summed E-state index contributed by atoms with van der Waals surface area (Å²) in [5, 5.41) is 0. The van der Waals surface area contributed by atoms with E-state index in [2.05, 4.69) is 18.2 Å². The van der Waals surface area contributed by atoms with Crippen molar-refractivity contribution in [2.24, 2.45) is 15.7 Å². The summed E-state index contributed by atoms with van der Waals surface area (Å²) in [6.45, 7) is 4.11. The molecule has 1 aliphatic heterocycles. The van der Waals surface area contributed by atoms with Gasteiger partial charge in [-0.1, -0.05) is 13.8 Å². The van der Waals surface area contributed by atoms with E-state index in [1.807, 2.05) is 0 Å². The average molecular weight is 215 g/mol. The molecule has 2 rings (SSSR count). The first-order valence-electron chi connectivity index (χ1n) is 5.19. The van der Waals surface area contributed by atoms with Crippen molar-refractivity contribution in [2.75, 3.05) is 5.75 Å². The third-order valence-electron chi connectivity index (χ3n) is 3.43. The number of sulfonamides is 1. The van der Waals surface area contributed by atoms with Gasteiger partial charge in [0, 0.05) is 5.71 Å². The van der Waals surface area contributed by atoms with Gasteiger partial charge in [0.1, 0.15) is 0 Å². The van der Waals surface area contributed by atoms with E-state index in [9.17, 15) is 8.42 Å². The zero-order valence-corrected chi connectivity index (χ0v) is 9.60. The SMILES string of the molecule is CC1(C)CS(=O)(=O)N=C2CCCC1C2. The van der Waals surface area contributed by atoms with E-state index < -0.39 is 10.0 Å². The summed E-state index contributed by atoms with van der Waals surface area (Å²) < 4.78 is 27.2. The van der Waals surface area contributed by atoms with Crippen molar-refractivity contribution < 1.29 is 8.42 Å². The second-order valence-corrected chi connectivity index (χ2v) is 6.80. The fourth-order valence-electron chi connectivity index (χ4n) is 2.61. The minimum atomic E-state index is -3.19. The normalized spacial score (nSPS) is 34.4. The largest absolute Gasteiger partial charge is 0.253 e. The lowest BCUT2D eigenvalue weighted by Gasteiger charge is -2.34. The maximum Gasteiger partial charge on any atom is 0.253 e. The van der Waals surface area contributed by atoms with Crippen molar-refractivity contribution in [1.82, 2.24) is 0 Å². The molecule has 3 nitrogen and oxygen atoms in total. The molecule has 1 saturated carbocycles. The van der Waals surface area contributed by atoms with Crippen LogP contribution >= 0.6 is 0 Å². The molecular weight excluding hydrogens is 198 g/mol. The Kier molecular flexibility index (Phi) is 2.21. The second-order valence-electron chi connectivity index (χ2n) is 5.17. The Morgan fingerprint density at radius 3 is 2.86 bits per heavy atom. The molecule has 1 fully saturated rings. The van der Waals surface area contributed by atoms with Gasteiger partial charge in [0.05, 0.1) is 5.75 Å². The van der Waals surface area contributed by atoms with Gasteiger partial charge in [-0.05, 0) is 37.0 Å². The molecule has 0 saturated heterocycles. The molecule has 0 spiro atoms. The van der Waals surface area contributed by atoms with Gasteiger partial charge < -0.3 is 0 Å². The van der Waals surface area contributed by atoms with Gasteiger partial charge in [0.25, 0.3) is 10.0 Å². The van der Waals surface area contributed by atoms with E-state index in [0.717, 1.165) is 31.4 Å². The molecule has 0 N–H and O–H groups in total. The maximum atomic E-state index is 11.6. The summed E-state index contributed by atoms with van der Waals surface area (Å²) in [5.74, 6) is 0.723. The van der Waals surface area contributed by atoms with Crippen molar-refractivity contribution in [1.29, 1.82) is 0 Å². The number of hydrogen-bond acceptors (Lipinski definition) is 2. The van der Waals surface area contributed by atoms with E-state index in [0.29, 0.717) is 5.92 Å². The molecule has 0 aromatic carbocycles. The molecule has 2 aliphatic rings. The zero-order chi connectivity index (χ0) is 10.4. The van der Waals surface area contributed by atoms with Crippen molar-refractivity contribution in [3.8, 4) is 0 Å². The highest BCUT2D eigenvalue weighted by Gasteiger charge is 2.39. The van der Waals surface area contributed by atoms with Gasteiger partial charge >= 0.3 is 0 Å². The number of rotatable bonds is 0. The van der Waals surface area contributed by atoms with Gasteiger partial charge in [-0.25, -0.2) is 8.42 Å². The fourth-order valence-corrected chi connectivity index (χ4v) is 4.41. The van der Waals surface area contributed by atoms with Crippen molar-refractivity contribution in [3.05, 3.63) is 0 Å². The summed E-state index contributed by atoms with van der Waals surface area (Å²) in [6, 6.07) is 0. The molecular formula is C10H17NO2S. The Morgan fingerprint density at radius 2 is 2.14 bits per heavy atom. The van der Waals surface area contributed by atoms with Crippen LogP contribution < -0.4 is 0 Å². The maximum absolute atomic E-state index is 11.6. The smallest absolute Gasteiger partial charge is 0.205 e. The molecule has 1 aliphatic carbocycles. The summed E-state index contributed by atoms with van der Waals surface area (Å²) in [4.78, 5) is 0. The van der Waals surface area contributed by atoms with Crippen LogP contribution in [0.25, 0.3) is 0 Å². The minimum absolute atomic E-state index is 0.107. The Morgan fingerprint density at radius 1 is 1.43 bits per heavy atom. The van der Waals surface area contributed by atoms with Crippen LogP contribution in [-0.4, -0.2) is 19.9 Å². The van der Waals surface area contributed by atoms with Crippen LogP contribution in [0.15, 0.2) is 4.40 Å². The molecule has 4 heteroatoms. The first-order valence-corrected chi connectivity index (χ1v) is 6.80. The fraction of sp³-hybridized carbons (Fsp3) is 0.900. The Bertz CT molecular complexity index is 368. The van der Waals surface area contributed by atoms with Crippen LogP contribution in [0.5, 0.6) is 0 Å². The highest BCUT2D eigenvalue weighted by molar-refractivity contribution is 7.90. The first-order chi connectivity index (χ1) is 6.39. The summed E-state index contributed by atoms with van der Waals surface area (Å²) in [7, 11) is -3.19. The van der Waals surface area contributed by atoms with E-state index in [1.54, 1.807) is 0 Å². The van der Waals surface area contributed by atoms with Gasteiger partial charge in [0.2, 0.25) is 0 Å². The minimum Gasteiger partial charge on any atom is -0.205 e. The monoisotopic (exact) mass is 215 g/mol. The number of hydrogen-bond donors (Lipinski definition) is 0. The Labute approximate surface area is 85.7 Å². The lowest BCUT2D eigenvalue weighted by atomic mass is 9.72. The van der Waals surface area contributed by atoms with E-state index in [1.165, 1.54) is 0 Å². The van der Waals surface area contributed by atoms with Crippen LogP contribution in [-0.2, 0) is 10.0 Å². The van der Waals surface area contributed by atoms with Crippen LogP contribution in [0.4, 0.5) is 0 Å². The molecule has 0 aromatic heterocycles. The average Bonchev–Trinajstić information content (AvgIpc) is 2.05. The highest BCUT2D eigenvalue weighted by Crippen LogP contribution is 2.40. The van der Waals surface area contributed by atoms with Crippen LogP contribution in [0.2, 0.25) is 0 Å². The lowest BCUT2D eigenvalue weighted by Crippen LogP contribution is -2.31. The van der Waals surface area contributed by atoms with Crippen molar-refractivity contribution >= 4 is 15.7 Å². The highest BCUT2D eigenvalue weighted by atomic mass is 32.2. The molecule has 1 heterocycles. The molecule has 80 valence electrons. The van der Waals surface area contributed by atoms with Gasteiger partial charge in [-0.3, -0.25) is 0 Å². The van der Waals surface area contributed by atoms with Crippen molar-refractivity contribution in [3.63, 3.8) is 0 Å².